The van der Waals surface area contributed by atoms with Crippen molar-refractivity contribution in [2.75, 3.05) is 13.1 Å². The summed E-state index contributed by atoms with van der Waals surface area (Å²) in [5.41, 5.74) is -0.331. The molecule has 14 heavy (non-hydrogen) atoms. The van der Waals surface area contributed by atoms with Crippen LogP contribution in [0, 0.1) is 0 Å². The third-order valence-corrected chi connectivity index (χ3v) is 3.00. The number of nitrogens with one attached hydrogen (secondary N) is 2. The first-order valence-corrected chi connectivity index (χ1v) is 5.76. The summed E-state index contributed by atoms with van der Waals surface area (Å²) in [5, 5.41) is 6.15. The van der Waals surface area contributed by atoms with Gasteiger partial charge in [0.2, 0.25) is 5.91 Å². The smallest absolute Gasteiger partial charge is 0.240 e. The molecule has 80 valence electrons. The average Bonchev–Trinajstić information content (AvgIpc) is 2.63. The van der Waals surface area contributed by atoms with Crippen LogP contribution in [-0.2, 0) is 4.79 Å². The summed E-state index contributed by atoms with van der Waals surface area (Å²) >= 11 is 3.22. The first-order valence-electron chi connectivity index (χ1n) is 4.97. The maximum Gasteiger partial charge on any atom is 0.240 e. The summed E-state index contributed by atoms with van der Waals surface area (Å²) in [6, 6.07) is 0. The third kappa shape index (κ3) is 2.58. The van der Waals surface area contributed by atoms with E-state index in [1.165, 1.54) is 0 Å². The van der Waals surface area contributed by atoms with Crippen LogP contribution in [0.4, 0.5) is 0 Å². The molecule has 0 aliphatic carbocycles. The summed E-state index contributed by atoms with van der Waals surface area (Å²) in [7, 11) is 0. The topological polar surface area (TPSA) is 41.1 Å². The zero-order valence-electron chi connectivity index (χ0n) is 8.53. The molecule has 0 spiro atoms. The van der Waals surface area contributed by atoms with Crippen LogP contribution in [0.5, 0.6) is 0 Å². The molecule has 1 heterocycles. The Labute approximate surface area is 93.5 Å². The van der Waals surface area contributed by atoms with Crippen LogP contribution in [0.1, 0.15) is 26.2 Å². The van der Waals surface area contributed by atoms with Crippen LogP contribution >= 0.6 is 15.9 Å². The summed E-state index contributed by atoms with van der Waals surface area (Å²) < 4.78 is 0.801. The van der Waals surface area contributed by atoms with Gasteiger partial charge in [-0.3, -0.25) is 4.79 Å². The molecular weight excluding hydrogens is 244 g/mol. The number of rotatable bonds is 4. The Morgan fingerprint density at radius 3 is 2.86 bits per heavy atom. The third-order valence-electron chi connectivity index (χ3n) is 2.72. The molecule has 4 heteroatoms. The highest BCUT2D eigenvalue weighted by molar-refractivity contribution is 9.11. The van der Waals surface area contributed by atoms with Crippen molar-refractivity contribution in [2.24, 2.45) is 0 Å². The van der Waals surface area contributed by atoms with Crippen molar-refractivity contribution in [3.05, 3.63) is 11.1 Å². The van der Waals surface area contributed by atoms with Gasteiger partial charge in [-0.25, -0.2) is 0 Å². The molecule has 1 aliphatic rings. The minimum Gasteiger partial charge on any atom is -0.350 e. The zero-order chi connectivity index (χ0) is 10.6. The summed E-state index contributed by atoms with van der Waals surface area (Å²) in [4.78, 5) is 11.9. The molecule has 0 bridgehead atoms. The van der Waals surface area contributed by atoms with Crippen LogP contribution < -0.4 is 10.6 Å². The SMILES string of the molecule is C=C(Br)CNC(=O)C1(CC)CCCN1. The van der Waals surface area contributed by atoms with Crippen LogP contribution in [0.2, 0.25) is 0 Å². The maximum absolute atomic E-state index is 11.9. The van der Waals surface area contributed by atoms with E-state index in [-0.39, 0.29) is 11.4 Å². The molecule has 1 rings (SSSR count). The molecule has 1 unspecified atom stereocenters. The van der Waals surface area contributed by atoms with Gasteiger partial charge in [0.25, 0.3) is 0 Å². The molecule has 0 radical (unpaired) electrons. The lowest BCUT2D eigenvalue weighted by molar-refractivity contribution is -0.127. The standard InChI is InChI=1S/C10H17BrN2O/c1-3-10(5-4-6-13-10)9(14)12-7-8(2)11/h13H,2-7H2,1H3,(H,12,14). The van der Waals surface area contributed by atoms with Crippen molar-refractivity contribution in [1.29, 1.82) is 0 Å². The van der Waals surface area contributed by atoms with E-state index in [0.717, 1.165) is 30.3 Å². The van der Waals surface area contributed by atoms with E-state index in [0.29, 0.717) is 6.54 Å². The van der Waals surface area contributed by atoms with Gasteiger partial charge in [0, 0.05) is 11.0 Å². The average molecular weight is 261 g/mol. The minimum absolute atomic E-state index is 0.0955. The Kier molecular flexibility index (Phi) is 4.13. The van der Waals surface area contributed by atoms with Crippen molar-refractivity contribution in [3.63, 3.8) is 0 Å². The van der Waals surface area contributed by atoms with E-state index in [1.54, 1.807) is 0 Å². The molecule has 1 amide bonds. The quantitative estimate of drug-likeness (QED) is 0.806. The minimum atomic E-state index is -0.331. The second kappa shape index (κ2) is 4.94. The Morgan fingerprint density at radius 1 is 1.71 bits per heavy atom. The number of halogens is 1. The van der Waals surface area contributed by atoms with Gasteiger partial charge in [-0.15, -0.1) is 0 Å². The number of amides is 1. The lowest BCUT2D eigenvalue weighted by atomic mass is 9.93. The van der Waals surface area contributed by atoms with Gasteiger partial charge in [-0.2, -0.15) is 0 Å². The highest BCUT2D eigenvalue weighted by atomic mass is 79.9. The Morgan fingerprint density at radius 2 is 2.43 bits per heavy atom. The highest BCUT2D eigenvalue weighted by Gasteiger charge is 2.38. The summed E-state index contributed by atoms with van der Waals surface area (Å²) in [6.07, 6.45) is 2.86. The second-order valence-electron chi connectivity index (χ2n) is 3.67. The van der Waals surface area contributed by atoms with Crippen LogP contribution in [0.3, 0.4) is 0 Å². The van der Waals surface area contributed by atoms with Crippen molar-refractivity contribution in [1.82, 2.24) is 10.6 Å². The predicted molar refractivity (Wildman–Crippen MR) is 61.3 cm³/mol. The van der Waals surface area contributed by atoms with Crippen molar-refractivity contribution >= 4 is 21.8 Å². The fourth-order valence-corrected chi connectivity index (χ4v) is 1.95. The Hall–Kier alpha value is -0.350. The highest BCUT2D eigenvalue weighted by Crippen LogP contribution is 2.23. The van der Waals surface area contributed by atoms with Gasteiger partial charge >= 0.3 is 0 Å². The number of hydrogen-bond donors (Lipinski definition) is 2. The van der Waals surface area contributed by atoms with Gasteiger partial charge in [0.05, 0.1) is 5.54 Å². The summed E-state index contributed by atoms with van der Waals surface area (Å²) in [5.74, 6) is 0.0955. The lowest BCUT2D eigenvalue weighted by Gasteiger charge is -2.26. The van der Waals surface area contributed by atoms with E-state index in [9.17, 15) is 4.79 Å². The van der Waals surface area contributed by atoms with Crippen LogP contribution in [-0.4, -0.2) is 24.5 Å². The number of carbonyl (C=O) groups is 1. The van der Waals surface area contributed by atoms with Gasteiger partial charge in [0.15, 0.2) is 0 Å². The van der Waals surface area contributed by atoms with Crippen LogP contribution in [0.25, 0.3) is 0 Å². The molecular formula is C10H17BrN2O. The van der Waals surface area contributed by atoms with E-state index >= 15 is 0 Å². The van der Waals surface area contributed by atoms with Gasteiger partial charge in [-0.05, 0) is 25.8 Å². The molecule has 1 atom stereocenters. The molecule has 0 aromatic rings. The zero-order valence-corrected chi connectivity index (χ0v) is 10.1. The lowest BCUT2D eigenvalue weighted by Crippen LogP contribution is -2.53. The monoisotopic (exact) mass is 260 g/mol. The Balaban J connectivity index is 2.52. The molecule has 1 saturated heterocycles. The normalized spacial score (nSPS) is 26.1. The summed E-state index contributed by atoms with van der Waals surface area (Å²) in [6.45, 7) is 7.17. The second-order valence-corrected chi connectivity index (χ2v) is 4.79. The fourth-order valence-electron chi connectivity index (χ4n) is 1.81. The van der Waals surface area contributed by atoms with E-state index < -0.39 is 0 Å². The predicted octanol–water partition coefficient (Wildman–Crippen LogP) is 1.54. The molecule has 0 aromatic heterocycles. The van der Waals surface area contributed by atoms with Crippen molar-refractivity contribution in [3.8, 4) is 0 Å². The van der Waals surface area contributed by atoms with E-state index in [2.05, 4.69) is 33.1 Å². The van der Waals surface area contributed by atoms with Crippen molar-refractivity contribution < 1.29 is 4.79 Å². The van der Waals surface area contributed by atoms with Gasteiger partial charge in [-0.1, -0.05) is 29.4 Å². The number of carbonyl (C=O) groups excluding carboxylic acids is 1. The number of hydrogen-bond acceptors (Lipinski definition) is 2. The maximum atomic E-state index is 11.9. The molecule has 0 saturated carbocycles. The molecule has 2 N–H and O–H groups in total. The van der Waals surface area contributed by atoms with Crippen LogP contribution in [0.15, 0.2) is 11.1 Å². The van der Waals surface area contributed by atoms with Gasteiger partial charge in [0.1, 0.15) is 0 Å². The van der Waals surface area contributed by atoms with E-state index in [1.807, 2.05) is 6.92 Å². The molecule has 1 aliphatic heterocycles. The van der Waals surface area contributed by atoms with Crippen molar-refractivity contribution in [2.45, 2.75) is 31.7 Å². The first kappa shape index (κ1) is 11.7. The molecule has 0 aromatic carbocycles. The first-order chi connectivity index (χ1) is 6.60. The van der Waals surface area contributed by atoms with E-state index in [4.69, 9.17) is 0 Å². The largest absolute Gasteiger partial charge is 0.350 e. The van der Waals surface area contributed by atoms with Gasteiger partial charge < -0.3 is 10.6 Å². The Bertz CT molecular complexity index is 234. The molecule has 1 fully saturated rings. The molecule has 3 nitrogen and oxygen atoms in total. The fraction of sp³-hybridized carbons (Fsp3) is 0.700.